The fraction of sp³-hybridized carbons (Fsp3) is 0.367. The van der Waals surface area contributed by atoms with Gasteiger partial charge in [0.05, 0.1) is 39.2 Å². The minimum atomic E-state index is -0.935. The van der Waals surface area contributed by atoms with Crippen molar-refractivity contribution in [2.45, 2.75) is 117 Å². The molecule has 3 aliphatic rings. The molecule has 3 aliphatic heterocycles. The average molecular weight is 896 g/mol. The second-order valence-corrected chi connectivity index (χ2v) is 19.3. The highest BCUT2D eigenvalue weighted by Crippen LogP contribution is 2.38. The van der Waals surface area contributed by atoms with E-state index in [-0.39, 0.29) is 22.6 Å². The molecule has 3 fully saturated rings. The van der Waals surface area contributed by atoms with Gasteiger partial charge in [-0.25, -0.2) is 19.7 Å². The Morgan fingerprint density at radius 2 is 0.758 bits per heavy atom. The van der Waals surface area contributed by atoms with Gasteiger partial charge >= 0.3 is 27.3 Å². The van der Waals surface area contributed by atoms with Crippen LogP contribution < -0.4 is 27.0 Å². The van der Waals surface area contributed by atoms with Crippen LogP contribution in [0.3, 0.4) is 0 Å². The molecule has 2 aromatic heterocycles. The van der Waals surface area contributed by atoms with Crippen LogP contribution in [0.4, 0.5) is 11.6 Å². The van der Waals surface area contributed by atoms with Gasteiger partial charge in [0.2, 0.25) is 0 Å². The lowest BCUT2D eigenvalue weighted by molar-refractivity contribution is 0.00578. The molecule has 14 nitrogen and oxygen atoms in total. The summed E-state index contributed by atoms with van der Waals surface area (Å²) in [5, 5.41) is 8.84. The Kier molecular flexibility index (Phi) is 14.2. The Morgan fingerprint density at radius 1 is 0.455 bits per heavy atom. The summed E-state index contributed by atoms with van der Waals surface area (Å²) in [5.74, 6) is -1.13. The molecule has 5 aromatic rings. The first-order valence-corrected chi connectivity index (χ1v) is 21.8. The van der Waals surface area contributed by atoms with Gasteiger partial charge < -0.3 is 38.8 Å². The molecule has 8 rings (SSSR count). The van der Waals surface area contributed by atoms with Gasteiger partial charge in [-0.3, -0.25) is 9.59 Å². The van der Waals surface area contributed by atoms with Crippen LogP contribution in [0.25, 0.3) is 0 Å². The number of hydrogen-bond donors (Lipinski definition) is 2. The third-order valence-electron chi connectivity index (χ3n) is 13.0. The minimum absolute atomic E-state index is 0.229. The molecule has 0 radical (unpaired) electrons. The molecule has 0 saturated carbocycles. The van der Waals surface area contributed by atoms with Crippen molar-refractivity contribution >= 4 is 67.2 Å². The summed E-state index contributed by atoms with van der Waals surface area (Å²) >= 11 is 0. The van der Waals surface area contributed by atoms with Gasteiger partial charge in [-0.05, 0) is 160 Å². The molecule has 17 heteroatoms. The summed E-state index contributed by atoms with van der Waals surface area (Å²) < 4.78 is 36.3. The van der Waals surface area contributed by atoms with Crippen LogP contribution in [-0.2, 0) is 27.9 Å². The number of rotatable bonds is 7. The number of carboxylic acid groups (broad SMARTS) is 1. The topological polar surface area (TPSA) is 182 Å². The van der Waals surface area contributed by atoms with E-state index in [4.69, 9.17) is 38.8 Å². The number of carbonyl (C=O) groups is 3. The van der Waals surface area contributed by atoms with E-state index in [1.54, 1.807) is 109 Å². The zero-order valence-corrected chi connectivity index (χ0v) is 39.8. The molecule has 0 spiro atoms. The smallest absolute Gasteiger partial charge is 0.478 e. The van der Waals surface area contributed by atoms with E-state index >= 15 is 0 Å². The van der Waals surface area contributed by atoms with E-state index in [0.29, 0.717) is 16.9 Å². The van der Waals surface area contributed by atoms with Crippen molar-refractivity contribution in [1.82, 2.24) is 9.97 Å². The van der Waals surface area contributed by atoms with E-state index < -0.39 is 61.5 Å². The van der Waals surface area contributed by atoms with Gasteiger partial charge in [0.1, 0.15) is 11.6 Å². The number of nitrogens with zero attached hydrogens (tertiary/aromatic N) is 3. The molecule has 3 N–H and O–H groups in total. The van der Waals surface area contributed by atoms with Gasteiger partial charge in [0, 0.05) is 23.5 Å². The standard InChI is InChI=1S/C31H36B2N2O6.C13H17BO4.C5H6N2/c1-28(2)29(3,4)39-32(38-28)23-16-12-21(13-17-23)26(36)35(25-11-9-10-20-34-25)27(37)22-14-18-24(19-15-22)33-40-30(5,6)31(7,8)41-33;1-12(2)13(3,4)18-14(17-12)10-7-5-9(6-8-10)11(15)16;6-5-3-1-2-4-7-5/h9-20H,1-8H3;5-8H,1-4H3,(H,15,16);1-4H,(H2,6,7). The van der Waals surface area contributed by atoms with Gasteiger partial charge in [-0.1, -0.05) is 48.5 Å². The molecular weight excluding hydrogens is 837 g/mol. The molecular formula is C49H59B3N4O10. The number of anilines is 2. The van der Waals surface area contributed by atoms with Crippen molar-refractivity contribution < 1.29 is 47.4 Å². The lowest BCUT2D eigenvalue weighted by Gasteiger charge is -2.32. The Hall–Kier alpha value is -5.68. The average Bonchev–Trinajstić information content (AvgIpc) is 3.74. The maximum absolute atomic E-state index is 13.8. The van der Waals surface area contributed by atoms with Crippen LogP contribution in [0.1, 0.15) is 114 Å². The van der Waals surface area contributed by atoms with Crippen LogP contribution in [0.5, 0.6) is 0 Å². The maximum atomic E-state index is 13.8. The largest absolute Gasteiger partial charge is 0.494 e. The molecule has 5 heterocycles. The Labute approximate surface area is 388 Å². The number of amides is 2. The molecule has 2 amide bonds. The number of carboxylic acids is 1. The summed E-state index contributed by atoms with van der Waals surface area (Å²) in [6.45, 7) is 23.9. The molecule has 344 valence electrons. The zero-order chi connectivity index (χ0) is 48.5. The molecule has 3 saturated heterocycles. The SMILES string of the molecule is CC1(C)OB(c2ccc(C(=O)N(C(=O)c3ccc(B4OC(C)(C)C(C)(C)O4)cc3)c3ccccn3)cc2)OC1(C)C.CC1(C)OB(c2ccc(C(=O)O)cc2)OC1(C)C.Nc1ccccn1. The first kappa shape index (κ1) is 49.8. The normalized spacial score (nSPS) is 19.2. The predicted octanol–water partition coefficient (Wildman–Crippen LogP) is 6.52. The summed E-state index contributed by atoms with van der Waals surface area (Å²) in [6.07, 6.45) is 3.21. The van der Waals surface area contributed by atoms with Crippen LogP contribution in [0, 0.1) is 0 Å². The van der Waals surface area contributed by atoms with Crippen molar-refractivity contribution in [3.8, 4) is 0 Å². The fourth-order valence-corrected chi connectivity index (χ4v) is 6.71. The highest BCUT2D eigenvalue weighted by molar-refractivity contribution is 6.63. The summed E-state index contributed by atoms with van der Waals surface area (Å²) in [4.78, 5) is 47.5. The third kappa shape index (κ3) is 10.8. The van der Waals surface area contributed by atoms with Gasteiger partial charge in [-0.15, -0.1) is 0 Å². The molecule has 0 aliphatic carbocycles. The number of pyridine rings is 2. The molecule has 0 atom stereocenters. The number of hydrogen-bond acceptors (Lipinski definition) is 12. The highest BCUT2D eigenvalue weighted by Gasteiger charge is 2.53. The van der Waals surface area contributed by atoms with Crippen LogP contribution in [0.15, 0.2) is 122 Å². The molecule has 3 aromatic carbocycles. The van der Waals surface area contributed by atoms with Crippen LogP contribution in [-0.4, -0.2) is 87.8 Å². The number of imide groups is 1. The number of aromatic carboxylic acids is 1. The van der Waals surface area contributed by atoms with E-state index in [9.17, 15) is 14.4 Å². The van der Waals surface area contributed by atoms with Crippen molar-refractivity contribution in [2.24, 2.45) is 0 Å². The summed E-state index contributed by atoms with van der Waals surface area (Å²) in [5.41, 5.74) is 5.88. The van der Waals surface area contributed by atoms with E-state index in [2.05, 4.69) is 9.97 Å². The third-order valence-corrected chi connectivity index (χ3v) is 13.0. The van der Waals surface area contributed by atoms with E-state index in [1.807, 2.05) is 95.2 Å². The second-order valence-electron chi connectivity index (χ2n) is 19.3. The first-order chi connectivity index (χ1) is 30.7. The highest BCUT2D eigenvalue weighted by atomic mass is 16.7. The Balaban J connectivity index is 0.000000235. The van der Waals surface area contributed by atoms with Crippen LogP contribution in [0.2, 0.25) is 0 Å². The van der Waals surface area contributed by atoms with Crippen LogP contribution >= 0.6 is 0 Å². The number of nitrogens with two attached hydrogens (primary N) is 1. The second kappa shape index (κ2) is 18.9. The fourth-order valence-electron chi connectivity index (χ4n) is 6.71. The Bertz CT molecular complexity index is 2350. The van der Waals surface area contributed by atoms with Crippen molar-refractivity contribution in [2.75, 3.05) is 10.6 Å². The van der Waals surface area contributed by atoms with Crippen molar-refractivity contribution in [1.29, 1.82) is 0 Å². The molecule has 0 unspecified atom stereocenters. The van der Waals surface area contributed by atoms with Gasteiger partial charge in [0.25, 0.3) is 11.8 Å². The molecule has 66 heavy (non-hydrogen) atoms. The number of carbonyl (C=O) groups excluding carboxylic acids is 2. The zero-order valence-electron chi connectivity index (χ0n) is 39.8. The van der Waals surface area contributed by atoms with E-state index in [1.165, 1.54) is 0 Å². The predicted molar refractivity (Wildman–Crippen MR) is 257 cm³/mol. The van der Waals surface area contributed by atoms with Crippen molar-refractivity contribution in [3.63, 3.8) is 0 Å². The quantitative estimate of drug-likeness (QED) is 0.133. The monoisotopic (exact) mass is 896 g/mol. The lowest BCUT2D eigenvalue weighted by Crippen LogP contribution is -2.41. The van der Waals surface area contributed by atoms with Gasteiger partial charge in [-0.2, -0.15) is 0 Å². The first-order valence-electron chi connectivity index (χ1n) is 21.8. The maximum Gasteiger partial charge on any atom is 0.494 e. The number of aromatic nitrogens is 2. The van der Waals surface area contributed by atoms with Crippen molar-refractivity contribution in [3.05, 3.63) is 138 Å². The Morgan fingerprint density at radius 3 is 1.00 bits per heavy atom. The summed E-state index contributed by atoms with van der Waals surface area (Å²) in [6, 6.07) is 30.9. The number of nitrogen functional groups attached to an aromatic ring is 1. The lowest BCUT2D eigenvalue weighted by atomic mass is 9.78. The van der Waals surface area contributed by atoms with E-state index in [0.717, 1.165) is 21.3 Å². The van der Waals surface area contributed by atoms with Gasteiger partial charge in [0.15, 0.2) is 0 Å². The minimum Gasteiger partial charge on any atom is -0.478 e. The molecule has 0 bridgehead atoms. The summed E-state index contributed by atoms with van der Waals surface area (Å²) in [7, 11) is -1.56. The number of benzene rings is 3.